The van der Waals surface area contributed by atoms with Crippen molar-refractivity contribution in [3.8, 4) is 0 Å². The lowest BCUT2D eigenvalue weighted by molar-refractivity contribution is -0.133. The van der Waals surface area contributed by atoms with Crippen LogP contribution in [0.4, 0.5) is 5.82 Å². The summed E-state index contributed by atoms with van der Waals surface area (Å²) in [5.74, 6) is 1.50. The second-order valence-corrected chi connectivity index (χ2v) is 6.41. The maximum atomic E-state index is 12.4. The first-order valence-corrected chi connectivity index (χ1v) is 8.45. The Morgan fingerprint density at radius 2 is 2.12 bits per heavy atom. The van der Waals surface area contributed by atoms with Crippen LogP contribution in [0.25, 0.3) is 0 Å². The van der Waals surface area contributed by atoms with Crippen LogP contribution in [-0.4, -0.2) is 54.0 Å². The summed E-state index contributed by atoms with van der Waals surface area (Å²) >= 11 is 0. The van der Waals surface area contributed by atoms with E-state index in [2.05, 4.69) is 9.97 Å². The van der Waals surface area contributed by atoms with E-state index >= 15 is 0 Å². The molecular weight excluding hydrogens is 308 g/mol. The molecule has 0 aliphatic carbocycles. The molecule has 7 heteroatoms. The zero-order chi connectivity index (χ0) is 17.3. The molecule has 0 saturated carbocycles. The number of hydrogen-bond donors (Lipinski definition) is 0. The number of aryl methyl sites for hydroxylation is 1. The van der Waals surface area contributed by atoms with E-state index in [9.17, 15) is 9.59 Å². The number of aromatic nitrogens is 2. The zero-order valence-corrected chi connectivity index (χ0v) is 14.5. The van der Waals surface area contributed by atoms with Crippen LogP contribution in [-0.2, 0) is 20.7 Å². The van der Waals surface area contributed by atoms with Crippen molar-refractivity contribution in [2.75, 3.05) is 32.2 Å². The molecule has 24 heavy (non-hydrogen) atoms. The van der Waals surface area contributed by atoms with Gasteiger partial charge in [0.25, 0.3) is 0 Å². The van der Waals surface area contributed by atoms with Crippen molar-refractivity contribution in [2.45, 2.75) is 45.1 Å². The molecule has 1 unspecified atom stereocenters. The Morgan fingerprint density at radius 3 is 2.88 bits per heavy atom. The van der Waals surface area contributed by atoms with E-state index in [0.717, 1.165) is 30.6 Å². The van der Waals surface area contributed by atoms with Gasteiger partial charge in [-0.3, -0.25) is 14.5 Å². The van der Waals surface area contributed by atoms with Crippen molar-refractivity contribution >= 4 is 17.6 Å². The average Bonchev–Trinajstić information content (AvgIpc) is 3.06. The highest BCUT2D eigenvalue weighted by Gasteiger charge is 2.34. The van der Waals surface area contributed by atoms with Gasteiger partial charge in [0.05, 0.1) is 19.1 Å². The largest absolute Gasteiger partial charge is 0.384 e. The predicted molar refractivity (Wildman–Crippen MR) is 88.7 cm³/mol. The molecule has 2 amide bonds. The summed E-state index contributed by atoms with van der Waals surface area (Å²) in [7, 11) is 3.35. The predicted octanol–water partition coefficient (Wildman–Crippen LogP) is 1.39. The number of nitrogens with zero attached hydrogens (tertiary/aromatic N) is 4. The molecule has 130 valence electrons. The van der Waals surface area contributed by atoms with Gasteiger partial charge in [0.2, 0.25) is 11.8 Å². The lowest BCUT2D eigenvalue weighted by atomic mass is 10.0. The van der Waals surface area contributed by atoms with Gasteiger partial charge in [0.15, 0.2) is 5.82 Å². The second kappa shape index (κ2) is 6.84. The van der Waals surface area contributed by atoms with Crippen molar-refractivity contribution in [1.29, 1.82) is 0 Å². The van der Waals surface area contributed by atoms with Crippen molar-refractivity contribution in [1.82, 2.24) is 14.9 Å². The van der Waals surface area contributed by atoms with E-state index in [1.807, 2.05) is 11.8 Å². The smallest absolute Gasteiger partial charge is 0.228 e. The van der Waals surface area contributed by atoms with Crippen LogP contribution >= 0.6 is 0 Å². The van der Waals surface area contributed by atoms with Gasteiger partial charge in [-0.05, 0) is 26.2 Å². The first-order valence-electron chi connectivity index (χ1n) is 8.45. The molecule has 1 atom stereocenters. The molecule has 3 heterocycles. The third-order valence-electron chi connectivity index (χ3n) is 4.88. The van der Waals surface area contributed by atoms with Crippen molar-refractivity contribution in [3.05, 3.63) is 17.1 Å². The fraction of sp³-hybridized carbons (Fsp3) is 0.647. The van der Waals surface area contributed by atoms with Crippen LogP contribution in [0.2, 0.25) is 0 Å². The maximum Gasteiger partial charge on any atom is 0.228 e. The Morgan fingerprint density at radius 1 is 1.33 bits per heavy atom. The molecule has 2 aliphatic heterocycles. The summed E-state index contributed by atoms with van der Waals surface area (Å²) in [6.45, 7) is 3.10. The molecular formula is C17H24N4O3. The average molecular weight is 332 g/mol. The number of amides is 2. The number of carbonyl (C=O) groups is 2. The van der Waals surface area contributed by atoms with Gasteiger partial charge in [0, 0.05) is 38.4 Å². The Balaban J connectivity index is 1.90. The monoisotopic (exact) mass is 332 g/mol. The van der Waals surface area contributed by atoms with E-state index in [4.69, 9.17) is 4.74 Å². The van der Waals surface area contributed by atoms with Gasteiger partial charge in [-0.1, -0.05) is 0 Å². The topological polar surface area (TPSA) is 75.6 Å². The normalized spacial score (nSPS) is 20.5. The number of fused-ring (bicyclic) bond motifs is 1. The van der Waals surface area contributed by atoms with Gasteiger partial charge in [-0.2, -0.15) is 0 Å². The molecule has 0 bridgehead atoms. The minimum absolute atomic E-state index is 0.0720. The molecule has 7 nitrogen and oxygen atoms in total. The van der Waals surface area contributed by atoms with Crippen molar-refractivity contribution < 1.29 is 14.3 Å². The summed E-state index contributed by atoms with van der Waals surface area (Å²) in [5.41, 5.74) is 1.95. The lowest BCUT2D eigenvalue weighted by Crippen LogP contribution is -2.35. The quantitative estimate of drug-likeness (QED) is 0.833. The number of ether oxygens (including phenoxy) is 1. The lowest BCUT2D eigenvalue weighted by Gasteiger charge is -2.29. The summed E-state index contributed by atoms with van der Waals surface area (Å²) in [6.07, 6.45) is 3.35. The molecule has 0 aromatic carbocycles. The van der Waals surface area contributed by atoms with Gasteiger partial charge in [-0.15, -0.1) is 0 Å². The molecule has 3 rings (SSSR count). The second-order valence-electron chi connectivity index (χ2n) is 6.41. The van der Waals surface area contributed by atoms with Crippen molar-refractivity contribution in [2.24, 2.45) is 0 Å². The molecule has 0 N–H and O–H groups in total. The highest BCUT2D eigenvalue weighted by Crippen LogP contribution is 2.34. The van der Waals surface area contributed by atoms with E-state index in [1.54, 1.807) is 19.1 Å². The molecule has 1 fully saturated rings. The Kier molecular flexibility index (Phi) is 4.80. The van der Waals surface area contributed by atoms with Crippen LogP contribution in [0.1, 0.15) is 48.8 Å². The van der Waals surface area contributed by atoms with Gasteiger partial charge in [0.1, 0.15) is 5.82 Å². The first kappa shape index (κ1) is 16.8. The molecule has 0 spiro atoms. The van der Waals surface area contributed by atoms with Gasteiger partial charge >= 0.3 is 0 Å². The first-order chi connectivity index (χ1) is 11.5. The number of anilines is 1. The van der Waals surface area contributed by atoms with E-state index < -0.39 is 0 Å². The van der Waals surface area contributed by atoms with Crippen LogP contribution in [0.3, 0.4) is 0 Å². The van der Waals surface area contributed by atoms with E-state index in [-0.39, 0.29) is 17.9 Å². The third-order valence-corrected chi connectivity index (χ3v) is 4.88. The number of hydrogen-bond acceptors (Lipinski definition) is 5. The standard InChI is InChI=1S/C17H24N4O3/c1-11-12-6-7-14(22)20(2)17(12)19-16(18-11)13-5-4-9-21(13)15(23)8-10-24-3/h13H,4-10H2,1-3H3. The molecule has 0 radical (unpaired) electrons. The summed E-state index contributed by atoms with van der Waals surface area (Å²) in [4.78, 5) is 37.2. The Bertz CT molecular complexity index is 661. The SMILES string of the molecule is COCCC(=O)N1CCCC1c1nc(C)c2c(n1)N(C)C(=O)CC2. The number of carbonyl (C=O) groups excluding carboxylic acids is 2. The number of likely N-dealkylation sites (tertiary alicyclic amines) is 1. The molecule has 2 aliphatic rings. The Labute approximate surface area is 142 Å². The van der Waals surface area contributed by atoms with Crippen LogP contribution in [0.5, 0.6) is 0 Å². The molecule has 1 aromatic heterocycles. The number of rotatable bonds is 4. The Hall–Kier alpha value is -2.02. The van der Waals surface area contributed by atoms with Gasteiger partial charge in [-0.25, -0.2) is 9.97 Å². The van der Waals surface area contributed by atoms with E-state index in [1.165, 1.54) is 0 Å². The summed E-state index contributed by atoms with van der Waals surface area (Å²) in [5, 5.41) is 0. The maximum absolute atomic E-state index is 12.4. The number of methoxy groups -OCH3 is 1. The van der Waals surface area contributed by atoms with Gasteiger partial charge < -0.3 is 9.64 Å². The minimum Gasteiger partial charge on any atom is -0.384 e. The van der Waals surface area contributed by atoms with E-state index in [0.29, 0.717) is 37.5 Å². The molecule has 1 aromatic rings. The van der Waals surface area contributed by atoms with Crippen LogP contribution < -0.4 is 4.90 Å². The highest BCUT2D eigenvalue weighted by molar-refractivity contribution is 5.94. The minimum atomic E-state index is -0.108. The van der Waals surface area contributed by atoms with Crippen LogP contribution in [0.15, 0.2) is 0 Å². The van der Waals surface area contributed by atoms with Crippen molar-refractivity contribution in [3.63, 3.8) is 0 Å². The summed E-state index contributed by atoms with van der Waals surface area (Å²) < 4.78 is 5.01. The highest BCUT2D eigenvalue weighted by atomic mass is 16.5. The fourth-order valence-electron chi connectivity index (χ4n) is 3.51. The van der Waals surface area contributed by atoms with Crippen LogP contribution in [0, 0.1) is 6.92 Å². The fourth-order valence-corrected chi connectivity index (χ4v) is 3.51. The zero-order valence-electron chi connectivity index (χ0n) is 14.5. The third kappa shape index (κ3) is 3.00. The summed E-state index contributed by atoms with van der Waals surface area (Å²) in [6, 6.07) is -0.108. The molecule has 1 saturated heterocycles.